The second-order valence-corrected chi connectivity index (χ2v) is 5.47. The molecule has 0 spiro atoms. The molecule has 1 aliphatic heterocycles. The summed E-state index contributed by atoms with van der Waals surface area (Å²) in [6, 6.07) is 2.14. The number of piperazine rings is 1. The quantitative estimate of drug-likeness (QED) is 0.832. The van der Waals surface area contributed by atoms with Gasteiger partial charge in [0, 0.05) is 48.5 Å². The van der Waals surface area contributed by atoms with Crippen molar-refractivity contribution in [3.05, 3.63) is 21.9 Å². The first-order valence-electron chi connectivity index (χ1n) is 6.43. The van der Waals surface area contributed by atoms with Gasteiger partial charge >= 0.3 is 0 Å². The van der Waals surface area contributed by atoms with Gasteiger partial charge in [-0.15, -0.1) is 11.3 Å². The van der Waals surface area contributed by atoms with Crippen molar-refractivity contribution in [2.24, 2.45) is 0 Å². The Kier molecular flexibility index (Phi) is 5.21. The van der Waals surface area contributed by atoms with E-state index < -0.39 is 0 Å². The zero-order valence-electron chi connectivity index (χ0n) is 10.9. The molecule has 18 heavy (non-hydrogen) atoms. The number of aliphatic hydroxyl groups is 1. The first kappa shape index (κ1) is 13.6. The highest BCUT2D eigenvalue weighted by Crippen LogP contribution is 2.17. The Morgan fingerprint density at radius 3 is 2.67 bits per heavy atom. The van der Waals surface area contributed by atoms with Gasteiger partial charge in [-0.2, -0.15) is 0 Å². The van der Waals surface area contributed by atoms with Gasteiger partial charge in [0.25, 0.3) is 0 Å². The second-order valence-electron chi connectivity index (χ2n) is 4.47. The highest BCUT2D eigenvalue weighted by molar-refractivity contribution is 7.10. The third kappa shape index (κ3) is 3.82. The molecule has 0 radical (unpaired) electrons. The molecular formula is C14H20N2OS. The molecular weight excluding hydrogens is 244 g/mol. The summed E-state index contributed by atoms with van der Waals surface area (Å²) in [6.45, 7) is 9.02. The van der Waals surface area contributed by atoms with E-state index in [4.69, 9.17) is 5.11 Å². The minimum Gasteiger partial charge on any atom is -0.384 e. The van der Waals surface area contributed by atoms with Crippen LogP contribution < -0.4 is 0 Å². The Labute approximate surface area is 113 Å². The van der Waals surface area contributed by atoms with Crippen LogP contribution in [0.4, 0.5) is 0 Å². The maximum absolute atomic E-state index is 8.66. The van der Waals surface area contributed by atoms with Crippen LogP contribution in [0, 0.1) is 11.8 Å². The number of thiophene rings is 1. The molecule has 3 nitrogen and oxygen atoms in total. The maximum atomic E-state index is 8.66. The van der Waals surface area contributed by atoms with E-state index >= 15 is 0 Å². The van der Waals surface area contributed by atoms with Crippen LogP contribution in [0.25, 0.3) is 0 Å². The predicted octanol–water partition coefficient (Wildman–Crippen LogP) is 1.23. The van der Waals surface area contributed by atoms with Crippen LogP contribution in [0.5, 0.6) is 0 Å². The molecule has 4 heteroatoms. The molecule has 0 atom stereocenters. The monoisotopic (exact) mass is 264 g/mol. The molecule has 1 aliphatic rings. The summed E-state index contributed by atoms with van der Waals surface area (Å²) < 4.78 is 0. The fourth-order valence-electron chi connectivity index (χ4n) is 2.15. The van der Waals surface area contributed by atoms with Crippen LogP contribution in [0.3, 0.4) is 0 Å². The molecule has 1 aromatic heterocycles. The van der Waals surface area contributed by atoms with Crippen LogP contribution in [0.1, 0.15) is 17.4 Å². The summed E-state index contributed by atoms with van der Waals surface area (Å²) in [6.07, 6.45) is 0. The number of aliphatic hydroxyl groups excluding tert-OH is 1. The van der Waals surface area contributed by atoms with Crippen molar-refractivity contribution in [2.45, 2.75) is 13.5 Å². The summed E-state index contributed by atoms with van der Waals surface area (Å²) in [5, 5.41) is 10.7. The Balaban J connectivity index is 1.85. The second kappa shape index (κ2) is 6.91. The Bertz CT molecular complexity index is 424. The lowest BCUT2D eigenvalue weighted by Gasteiger charge is -2.33. The first-order valence-corrected chi connectivity index (χ1v) is 7.31. The third-order valence-corrected chi connectivity index (χ3v) is 4.18. The van der Waals surface area contributed by atoms with Gasteiger partial charge < -0.3 is 10.0 Å². The third-order valence-electron chi connectivity index (χ3n) is 3.26. The zero-order chi connectivity index (χ0) is 12.8. The van der Waals surface area contributed by atoms with Crippen molar-refractivity contribution >= 4 is 11.3 Å². The van der Waals surface area contributed by atoms with Gasteiger partial charge in [-0.3, -0.25) is 4.90 Å². The van der Waals surface area contributed by atoms with E-state index in [2.05, 4.69) is 40.0 Å². The average molecular weight is 264 g/mol. The van der Waals surface area contributed by atoms with Gasteiger partial charge in [-0.25, -0.2) is 0 Å². The lowest BCUT2D eigenvalue weighted by Crippen LogP contribution is -2.45. The molecule has 1 saturated heterocycles. The van der Waals surface area contributed by atoms with E-state index in [-0.39, 0.29) is 6.61 Å². The largest absolute Gasteiger partial charge is 0.384 e. The molecule has 1 N–H and O–H groups in total. The number of likely N-dealkylation sites (N-methyl/N-ethyl adjacent to an activating group) is 1. The molecule has 1 fully saturated rings. The molecule has 0 unspecified atom stereocenters. The summed E-state index contributed by atoms with van der Waals surface area (Å²) in [5.41, 5.74) is 1.02. The Morgan fingerprint density at radius 1 is 1.28 bits per heavy atom. The van der Waals surface area contributed by atoms with E-state index in [0.29, 0.717) is 0 Å². The van der Waals surface area contributed by atoms with Gasteiger partial charge in [-0.05, 0) is 12.6 Å². The van der Waals surface area contributed by atoms with Crippen molar-refractivity contribution in [3.8, 4) is 11.8 Å². The highest BCUT2D eigenvalue weighted by Gasteiger charge is 2.15. The standard InChI is InChI=1S/C14H20N2OS/c1-2-15-5-7-16(8-6-15)11-14-10-13(12-18-14)4-3-9-17/h10,12,17H,2,5-9,11H2,1H3. The van der Waals surface area contributed by atoms with Crippen LogP contribution >= 0.6 is 11.3 Å². The topological polar surface area (TPSA) is 26.7 Å². The van der Waals surface area contributed by atoms with E-state index in [1.807, 2.05) is 0 Å². The van der Waals surface area contributed by atoms with Gasteiger partial charge in [0.2, 0.25) is 0 Å². The Morgan fingerprint density at radius 2 is 2.00 bits per heavy atom. The first-order chi connectivity index (χ1) is 8.81. The molecule has 98 valence electrons. The summed E-state index contributed by atoms with van der Waals surface area (Å²) in [4.78, 5) is 6.35. The molecule has 0 bridgehead atoms. The van der Waals surface area contributed by atoms with E-state index in [9.17, 15) is 0 Å². The van der Waals surface area contributed by atoms with Crippen LogP contribution in [-0.4, -0.2) is 54.2 Å². The predicted molar refractivity (Wildman–Crippen MR) is 75.7 cm³/mol. The van der Waals surface area contributed by atoms with Gasteiger partial charge in [0.05, 0.1) is 0 Å². The van der Waals surface area contributed by atoms with Crippen molar-refractivity contribution in [3.63, 3.8) is 0 Å². The number of hydrogen-bond acceptors (Lipinski definition) is 4. The number of rotatable bonds is 3. The summed E-state index contributed by atoms with van der Waals surface area (Å²) in [5.74, 6) is 5.64. The van der Waals surface area contributed by atoms with Crippen molar-refractivity contribution in [1.29, 1.82) is 0 Å². The average Bonchev–Trinajstić information content (AvgIpc) is 2.85. The highest BCUT2D eigenvalue weighted by atomic mass is 32.1. The van der Waals surface area contributed by atoms with Gasteiger partial charge in [0.1, 0.15) is 6.61 Å². The Hall–Kier alpha value is -0.860. The van der Waals surface area contributed by atoms with Crippen molar-refractivity contribution < 1.29 is 5.11 Å². The molecule has 0 amide bonds. The van der Waals surface area contributed by atoms with Crippen LogP contribution in [0.15, 0.2) is 11.4 Å². The molecule has 0 aliphatic carbocycles. The lowest BCUT2D eigenvalue weighted by atomic mass is 10.2. The zero-order valence-corrected chi connectivity index (χ0v) is 11.7. The fourth-order valence-corrected chi connectivity index (χ4v) is 3.01. The van der Waals surface area contributed by atoms with E-state index in [0.717, 1.165) is 31.7 Å². The minimum atomic E-state index is -0.0653. The van der Waals surface area contributed by atoms with Crippen LogP contribution in [-0.2, 0) is 6.54 Å². The number of nitrogens with zero attached hydrogens (tertiary/aromatic N) is 2. The summed E-state index contributed by atoms with van der Waals surface area (Å²) in [7, 11) is 0. The molecule has 2 rings (SSSR count). The van der Waals surface area contributed by atoms with Crippen molar-refractivity contribution in [2.75, 3.05) is 39.3 Å². The van der Waals surface area contributed by atoms with Gasteiger partial charge in [0.15, 0.2) is 0 Å². The van der Waals surface area contributed by atoms with Crippen LogP contribution in [0.2, 0.25) is 0 Å². The van der Waals surface area contributed by atoms with E-state index in [1.54, 1.807) is 11.3 Å². The SMILES string of the molecule is CCN1CCN(Cc2cc(C#CCO)cs2)CC1. The molecule has 0 aromatic carbocycles. The van der Waals surface area contributed by atoms with Crippen molar-refractivity contribution in [1.82, 2.24) is 9.80 Å². The normalized spacial score (nSPS) is 17.4. The molecule has 1 aromatic rings. The minimum absolute atomic E-state index is 0.0653. The molecule has 2 heterocycles. The lowest BCUT2D eigenvalue weighted by molar-refractivity contribution is 0.133. The van der Waals surface area contributed by atoms with Gasteiger partial charge in [-0.1, -0.05) is 18.8 Å². The maximum Gasteiger partial charge on any atom is 0.104 e. The number of hydrogen-bond donors (Lipinski definition) is 1. The smallest absolute Gasteiger partial charge is 0.104 e. The fraction of sp³-hybridized carbons (Fsp3) is 0.571. The van der Waals surface area contributed by atoms with E-state index in [1.165, 1.54) is 18.0 Å². The molecule has 0 saturated carbocycles. The summed E-state index contributed by atoms with van der Waals surface area (Å²) >= 11 is 1.76.